The molecule has 2 aliphatic rings. The minimum absolute atomic E-state index is 0.00109. The van der Waals surface area contributed by atoms with Gasteiger partial charge in [0.2, 0.25) is 5.43 Å². The summed E-state index contributed by atoms with van der Waals surface area (Å²) in [7, 11) is 0. The first kappa shape index (κ1) is 22.2. The Hall–Kier alpha value is -3.59. The van der Waals surface area contributed by atoms with Crippen molar-refractivity contribution in [3.05, 3.63) is 68.7 Å². The maximum Gasteiger partial charge on any atom is 0.341 e. The lowest BCUT2D eigenvalue weighted by atomic mass is 10.1. The number of hydrogen-bond acceptors (Lipinski definition) is 5. The molecule has 1 unspecified atom stereocenters. The smallest absolute Gasteiger partial charge is 0.341 e. The van der Waals surface area contributed by atoms with E-state index in [2.05, 4.69) is 5.32 Å². The fraction of sp³-hybridized carbons (Fsp3) is 0.292. The highest BCUT2D eigenvalue weighted by molar-refractivity contribution is 6.38. The number of halogens is 2. The third-order valence-electron chi connectivity index (χ3n) is 6.34. The minimum Gasteiger partial charge on any atom is -0.507 e. The molecule has 1 aliphatic carbocycles. The topological polar surface area (TPSA) is 112 Å². The van der Waals surface area contributed by atoms with Crippen LogP contribution in [0.4, 0.5) is 10.1 Å². The van der Waals surface area contributed by atoms with Gasteiger partial charge in [0, 0.05) is 31.4 Å². The zero-order chi connectivity index (χ0) is 24.1. The lowest BCUT2D eigenvalue weighted by Crippen LogP contribution is -2.37. The maximum absolute atomic E-state index is 15.3. The van der Waals surface area contributed by atoms with Gasteiger partial charge in [-0.15, -0.1) is 0 Å². The molecule has 176 valence electrons. The first-order valence-corrected chi connectivity index (χ1v) is 11.3. The molecule has 1 atom stereocenters. The van der Waals surface area contributed by atoms with Crippen LogP contribution >= 0.6 is 11.6 Å². The van der Waals surface area contributed by atoms with E-state index in [1.165, 1.54) is 18.3 Å². The molecule has 1 aromatic heterocycles. The Morgan fingerprint density at radius 1 is 1.15 bits per heavy atom. The van der Waals surface area contributed by atoms with Crippen LogP contribution in [-0.4, -0.2) is 45.8 Å². The van der Waals surface area contributed by atoms with E-state index < -0.39 is 28.7 Å². The molecule has 2 fully saturated rings. The molecule has 1 amide bonds. The highest BCUT2D eigenvalue weighted by Gasteiger charge is 2.32. The minimum atomic E-state index is -1.37. The Labute approximate surface area is 198 Å². The molecule has 8 nitrogen and oxygen atoms in total. The van der Waals surface area contributed by atoms with Crippen LogP contribution in [0.5, 0.6) is 5.75 Å². The number of aromatic nitrogens is 1. The molecule has 2 aromatic carbocycles. The van der Waals surface area contributed by atoms with Crippen molar-refractivity contribution in [2.45, 2.75) is 31.3 Å². The fourth-order valence-electron chi connectivity index (χ4n) is 4.52. The number of pyridine rings is 1. The normalized spacial score (nSPS) is 17.8. The van der Waals surface area contributed by atoms with Crippen molar-refractivity contribution in [2.75, 3.05) is 18.0 Å². The number of fused-ring (bicyclic) bond motifs is 1. The molecule has 1 aliphatic heterocycles. The number of carbonyl (C=O) groups excluding carboxylic acids is 1. The summed E-state index contributed by atoms with van der Waals surface area (Å²) in [4.78, 5) is 38.5. The second kappa shape index (κ2) is 8.32. The van der Waals surface area contributed by atoms with E-state index in [-0.39, 0.29) is 46.0 Å². The number of hydrogen-bond donors (Lipinski definition) is 3. The Kier molecular flexibility index (Phi) is 5.44. The summed E-state index contributed by atoms with van der Waals surface area (Å²) in [6.45, 7) is 0.692. The predicted octanol–water partition coefficient (Wildman–Crippen LogP) is 3.54. The van der Waals surface area contributed by atoms with E-state index in [9.17, 15) is 24.6 Å². The number of nitrogens with one attached hydrogen (secondary N) is 1. The number of aromatic carboxylic acids is 1. The van der Waals surface area contributed by atoms with Crippen LogP contribution in [0.2, 0.25) is 5.02 Å². The van der Waals surface area contributed by atoms with E-state index >= 15 is 4.39 Å². The third-order valence-corrected chi connectivity index (χ3v) is 6.70. The molecule has 1 saturated carbocycles. The van der Waals surface area contributed by atoms with Gasteiger partial charge in [0.1, 0.15) is 17.1 Å². The molecular weight excluding hydrogens is 465 g/mol. The van der Waals surface area contributed by atoms with E-state index in [4.69, 9.17) is 11.6 Å². The van der Waals surface area contributed by atoms with Crippen LogP contribution in [-0.2, 0) is 0 Å². The molecule has 1 saturated heterocycles. The van der Waals surface area contributed by atoms with E-state index in [0.29, 0.717) is 18.5 Å². The first-order chi connectivity index (χ1) is 16.3. The van der Waals surface area contributed by atoms with E-state index in [0.717, 1.165) is 18.9 Å². The van der Waals surface area contributed by atoms with Crippen molar-refractivity contribution in [1.82, 2.24) is 9.88 Å². The average Bonchev–Trinajstić information content (AvgIpc) is 3.54. The number of carboxylic acids is 1. The van der Waals surface area contributed by atoms with Gasteiger partial charge in [-0.05, 0) is 37.5 Å². The second-order valence-corrected chi connectivity index (χ2v) is 9.03. The Morgan fingerprint density at radius 2 is 1.88 bits per heavy atom. The average molecular weight is 486 g/mol. The van der Waals surface area contributed by atoms with Crippen molar-refractivity contribution in [1.29, 1.82) is 0 Å². The number of amides is 1. The zero-order valence-corrected chi connectivity index (χ0v) is 18.7. The molecule has 0 radical (unpaired) electrons. The van der Waals surface area contributed by atoms with Gasteiger partial charge >= 0.3 is 5.97 Å². The molecule has 3 N–H and O–H groups in total. The summed E-state index contributed by atoms with van der Waals surface area (Å²) in [6, 6.07) is 6.95. The molecule has 10 heteroatoms. The number of carboxylic acid groups (broad SMARTS) is 1. The van der Waals surface area contributed by atoms with Crippen molar-refractivity contribution >= 4 is 40.1 Å². The molecular formula is C24H21ClFN3O5. The van der Waals surface area contributed by atoms with Crippen LogP contribution in [0.25, 0.3) is 10.9 Å². The number of benzene rings is 2. The largest absolute Gasteiger partial charge is 0.507 e. The lowest BCUT2D eigenvalue weighted by Gasteiger charge is -2.23. The van der Waals surface area contributed by atoms with Crippen molar-refractivity contribution in [2.24, 2.45) is 0 Å². The van der Waals surface area contributed by atoms with Gasteiger partial charge in [-0.2, -0.15) is 0 Å². The third kappa shape index (κ3) is 3.75. The number of rotatable bonds is 5. The van der Waals surface area contributed by atoms with Gasteiger partial charge in [0.25, 0.3) is 5.91 Å². The molecule has 0 spiro atoms. The van der Waals surface area contributed by atoms with Crippen molar-refractivity contribution in [3.63, 3.8) is 0 Å². The number of phenols is 1. The zero-order valence-electron chi connectivity index (χ0n) is 17.9. The summed E-state index contributed by atoms with van der Waals surface area (Å²) in [5.74, 6) is -2.66. The monoisotopic (exact) mass is 485 g/mol. The first-order valence-electron chi connectivity index (χ1n) is 10.9. The fourth-order valence-corrected chi connectivity index (χ4v) is 4.93. The number of aromatic hydroxyl groups is 1. The molecule has 34 heavy (non-hydrogen) atoms. The number of para-hydroxylation sites is 1. The van der Waals surface area contributed by atoms with E-state index in [1.54, 1.807) is 21.6 Å². The van der Waals surface area contributed by atoms with Crippen molar-refractivity contribution in [3.8, 4) is 5.75 Å². The van der Waals surface area contributed by atoms with Crippen molar-refractivity contribution < 1.29 is 24.2 Å². The van der Waals surface area contributed by atoms with Crippen LogP contribution in [0.1, 0.15) is 46.0 Å². The van der Waals surface area contributed by atoms with Gasteiger partial charge in [-0.1, -0.05) is 23.7 Å². The highest BCUT2D eigenvalue weighted by atomic mass is 35.5. The molecule has 5 rings (SSSR count). The number of anilines is 1. The summed E-state index contributed by atoms with van der Waals surface area (Å²) in [6.07, 6.45) is 3.44. The predicted molar refractivity (Wildman–Crippen MR) is 125 cm³/mol. The van der Waals surface area contributed by atoms with Gasteiger partial charge in [-0.3, -0.25) is 9.59 Å². The van der Waals surface area contributed by atoms with Gasteiger partial charge in [0.05, 0.1) is 27.2 Å². The second-order valence-electron chi connectivity index (χ2n) is 8.65. The van der Waals surface area contributed by atoms with Gasteiger partial charge in [-0.25, -0.2) is 9.18 Å². The Morgan fingerprint density at radius 3 is 2.56 bits per heavy atom. The maximum atomic E-state index is 15.3. The molecule has 0 bridgehead atoms. The lowest BCUT2D eigenvalue weighted by molar-refractivity contribution is 0.0694. The van der Waals surface area contributed by atoms with Gasteiger partial charge in [0.15, 0.2) is 0 Å². The highest BCUT2D eigenvalue weighted by Crippen LogP contribution is 2.42. The van der Waals surface area contributed by atoms with Crippen LogP contribution < -0.4 is 15.6 Å². The number of phenolic OH excluding ortho intramolecular Hbond substituents is 1. The summed E-state index contributed by atoms with van der Waals surface area (Å²) < 4.78 is 16.9. The summed E-state index contributed by atoms with van der Waals surface area (Å²) >= 11 is 6.67. The van der Waals surface area contributed by atoms with Crippen LogP contribution in [0, 0.1) is 5.82 Å². The summed E-state index contributed by atoms with van der Waals surface area (Å²) in [5, 5.41) is 22.2. The molecule has 2 heterocycles. The number of nitrogens with zero attached hydrogens (tertiary/aromatic N) is 2. The Bertz CT molecular complexity index is 1400. The van der Waals surface area contributed by atoms with Crippen LogP contribution in [0.15, 0.2) is 41.3 Å². The Balaban J connectivity index is 1.49. The number of carbonyl (C=O) groups is 2. The van der Waals surface area contributed by atoms with Gasteiger partial charge < -0.3 is 25.0 Å². The SMILES string of the molecule is O=C(NC1CCN(c2c(F)cc3c(=O)c(C(=O)O)cn(C4CC4)c3c2Cl)C1)c1ccccc1O. The quantitative estimate of drug-likeness (QED) is 0.509. The summed E-state index contributed by atoms with van der Waals surface area (Å²) in [5.41, 5.74) is -0.613. The molecule has 3 aromatic rings. The standard InChI is InChI=1S/C24H21ClFN3O5/c25-19-20-15(22(31)16(24(33)34)11-29(20)13-5-6-13)9-17(26)21(19)28-8-7-12(10-28)27-23(32)14-3-1-2-4-18(14)30/h1-4,9,11-13,30H,5-8,10H2,(H,27,32)(H,33,34). The van der Waals surface area contributed by atoms with Crippen LogP contribution in [0.3, 0.4) is 0 Å². The van der Waals surface area contributed by atoms with E-state index in [1.807, 2.05) is 0 Å².